The standard InChI is InChI=1S/C23H28FN3O4/c1-15(22(28)26-20-9-8-19(30-2)14-21(20)31-3)16-10-12-27(13-11-16)23(29)25-18-6-4-17(24)5-7-18/h4-9,14-16H,10-13H2,1-3H3,(H,25,29)(H,26,28). The average Bonchev–Trinajstić information content (AvgIpc) is 2.80. The summed E-state index contributed by atoms with van der Waals surface area (Å²) in [5.74, 6) is 0.700. The number of benzene rings is 2. The Bertz CT molecular complexity index is 912. The molecule has 0 aromatic heterocycles. The van der Waals surface area contributed by atoms with E-state index >= 15 is 0 Å². The molecule has 0 saturated carbocycles. The normalized spacial score (nSPS) is 15.2. The first-order chi connectivity index (χ1) is 14.9. The molecule has 1 saturated heterocycles. The largest absolute Gasteiger partial charge is 0.497 e. The van der Waals surface area contributed by atoms with Gasteiger partial charge >= 0.3 is 6.03 Å². The molecule has 0 spiro atoms. The zero-order valence-electron chi connectivity index (χ0n) is 18.0. The van der Waals surface area contributed by atoms with Gasteiger partial charge in [0.05, 0.1) is 19.9 Å². The number of nitrogens with zero attached hydrogens (tertiary/aromatic N) is 1. The van der Waals surface area contributed by atoms with Crippen LogP contribution >= 0.6 is 0 Å². The fourth-order valence-electron chi connectivity index (χ4n) is 3.70. The van der Waals surface area contributed by atoms with Gasteiger partial charge in [0.25, 0.3) is 0 Å². The second-order valence-corrected chi connectivity index (χ2v) is 7.61. The van der Waals surface area contributed by atoms with Gasteiger partial charge in [-0.25, -0.2) is 9.18 Å². The maximum absolute atomic E-state index is 13.0. The van der Waals surface area contributed by atoms with Crippen molar-refractivity contribution < 1.29 is 23.5 Å². The Hall–Kier alpha value is -3.29. The van der Waals surface area contributed by atoms with Crippen LogP contribution in [0.1, 0.15) is 19.8 Å². The van der Waals surface area contributed by atoms with Gasteiger partial charge in [0.1, 0.15) is 17.3 Å². The zero-order chi connectivity index (χ0) is 22.4. The van der Waals surface area contributed by atoms with Crippen molar-refractivity contribution in [1.29, 1.82) is 0 Å². The van der Waals surface area contributed by atoms with Gasteiger partial charge in [0.2, 0.25) is 5.91 Å². The molecule has 8 heteroatoms. The van der Waals surface area contributed by atoms with Crippen LogP contribution in [0.25, 0.3) is 0 Å². The van der Waals surface area contributed by atoms with E-state index in [1.54, 1.807) is 37.3 Å². The lowest BCUT2D eigenvalue weighted by molar-refractivity contribution is -0.121. The molecule has 0 radical (unpaired) electrons. The van der Waals surface area contributed by atoms with Crippen molar-refractivity contribution in [3.63, 3.8) is 0 Å². The second-order valence-electron chi connectivity index (χ2n) is 7.61. The Morgan fingerprint density at radius 2 is 1.71 bits per heavy atom. The lowest BCUT2D eigenvalue weighted by Gasteiger charge is -2.34. The molecule has 3 rings (SSSR count). The summed E-state index contributed by atoms with van der Waals surface area (Å²) in [5.41, 5.74) is 1.14. The van der Waals surface area contributed by atoms with E-state index in [1.165, 1.54) is 24.3 Å². The summed E-state index contributed by atoms with van der Waals surface area (Å²) >= 11 is 0. The Morgan fingerprint density at radius 1 is 1.03 bits per heavy atom. The molecule has 166 valence electrons. The van der Waals surface area contributed by atoms with E-state index < -0.39 is 0 Å². The number of carbonyl (C=O) groups excluding carboxylic acids is 2. The molecule has 7 nitrogen and oxygen atoms in total. The van der Waals surface area contributed by atoms with E-state index in [1.807, 2.05) is 6.92 Å². The Labute approximate surface area is 181 Å². The Kier molecular flexibility index (Phi) is 7.33. The van der Waals surface area contributed by atoms with Crippen LogP contribution < -0.4 is 20.1 Å². The van der Waals surface area contributed by atoms with Crippen LogP contribution in [-0.2, 0) is 4.79 Å². The number of methoxy groups -OCH3 is 2. The SMILES string of the molecule is COc1ccc(NC(=O)C(C)C2CCN(C(=O)Nc3ccc(F)cc3)CC2)c(OC)c1. The van der Waals surface area contributed by atoms with E-state index in [0.29, 0.717) is 36.0 Å². The molecule has 1 heterocycles. The molecule has 0 aliphatic carbocycles. The summed E-state index contributed by atoms with van der Waals surface area (Å²) in [6.45, 7) is 3.02. The molecule has 1 unspecified atom stereocenters. The van der Waals surface area contributed by atoms with Gasteiger partial charge in [-0.15, -0.1) is 0 Å². The van der Waals surface area contributed by atoms with Gasteiger partial charge in [0.15, 0.2) is 0 Å². The molecular weight excluding hydrogens is 401 g/mol. The third kappa shape index (κ3) is 5.65. The first-order valence-electron chi connectivity index (χ1n) is 10.3. The van der Waals surface area contributed by atoms with Gasteiger partial charge in [-0.1, -0.05) is 6.92 Å². The number of amides is 3. The maximum atomic E-state index is 13.0. The van der Waals surface area contributed by atoms with Crippen LogP contribution in [0.4, 0.5) is 20.6 Å². The van der Waals surface area contributed by atoms with Crippen LogP contribution in [0, 0.1) is 17.7 Å². The number of hydrogen-bond acceptors (Lipinski definition) is 4. The summed E-state index contributed by atoms with van der Waals surface area (Å²) in [4.78, 5) is 27.0. The highest BCUT2D eigenvalue weighted by atomic mass is 19.1. The summed E-state index contributed by atoms with van der Waals surface area (Å²) in [5, 5.41) is 5.72. The molecule has 2 aromatic carbocycles. The lowest BCUT2D eigenvalue weighted by Crippen LogP contribution is -2.43. The van der Waals surface area contributed by atoms with Crippen LogP contribution in [-0.4, -0.2) is 44.1 Å². The van der Waals surface area contributed by atoms with Gasteiger partial charge in [-0.2, -0.15) is 0 Å². The first kappa shape index (κ1) is 22.4. The van der Waals surface area contributed by atoms with E-state index in [0.717, 1.165) is 12.8 Å². The summed E-state index contributed by atoms with van der Waals surface area (Å²) < 4.78 is 23.5. The molecule has 2 aromatic rings. The summed E-state index contributed by atoms with van der Waals surface area (Å²) in [7, 11) is 3.11. The number of ether oxygens (including phenoxy) is 2. The highest BCUT2D eigenvalue weighted by Gasteiger charge is 2.30. The Morgan fingerprint density at radius 3 is 2.32 bits per heavy atom. The predicted octanol–water partition coefficient (Wildman–Crippen LogP) is 4.36. The minimum atomic E-state index is -0.349. The van der Waals surface area contributed by atoms with E-state index in [9.17, 15) is 14.0 Å². The average molecular weight is 429 g/mol. The maximum Gasteiger partial charge on any atom is 0.321 e. The smallest absolute Gasteiger partial charge is 0.321 e. The van der Waals surface area contributed by atoms with Crippen molar-refractivity contribution in [1.82, 2.24) is 4.90 Å². The van der Waals surface area contributed by atoms with Crippen LogP contribution in [0.15, 0.2) is 42.5 Å². The lowest BCUT2D eigenvalue weighted by atomic mass is 9.85. The molecule has 0 bridgehead atoms. The molecule has 1 fully saturated rings. The Balaban J connectivity index is 1.52. The molecule has 2 N–H and O–H groups in total. The molecule has 1 atom stereocenters. The molecule has 1 aliphatic heterocycles. The van der Waals surface area contributed by atoms with E-state index in [2.05, 4.69) is 10.6 Å². The third-order valence-electron chi connectivity index (χ3n) is 5.71. The van der Waals surface area contributed by atoms with Crippen molar-refractivity contribution in [2.24, 2.45) is 11.8 Å². The van der Waals surface area contributed by atoms with Gasteiger partial charge in [-0.3, -0.25) is 4.79 Å². The number of urea groups is 1. The van der Waals surface area contributed by atoms with Gasteiger partial charge < -0.3 is 25.0 Å². The number of anilines is 2. The fourth-order valence-corrected chi connectivity index (χ4v) is 3.70. The second kappa shape index (κ2) is 10.1. The van der Waals surface area contributed by atoms with Crippen molar-refractivity contribution in [3.8, 4) is 11.5 Å². The predicted molar refractivity (Wildman–Crippen MR) is 117 cm³/mol. The fraction of sp³-hybridized carbons (Fsp3) is 0.391. The van der Waals surface area contributed by atoms with Crippen LogP contribution in [0.5, 0.6) is 11.5 Å². The highest BCUT2D eigenvalue weighted by molar-refractivity contribution is 5.94. The number of halogens is 1. The van der Waals surface area contributed by atoms with Gasteiger partial charge in [-0.05, 0) is 55.2 Å². The summed E-state index contributed by atoms with van der Waals surface area (Å²) in [6.07, 6.45) is 1.45. The number of likely N-dealkylation sites (tertiary alicyclic amines) is 1. The van der Waals surface area contributed by atoms with Crippen molar-refractivity contribution in [3.05, 3.63) is 48.3 Å². The highest BCUT2D eigenvalue weighted by Crippen LogP contribution is 2.31. The number of carbonyl (C=O) groups is 2. The van der Waals surface area contributed by atoms with Crippen molar-refractivity contribution in [2.75, 3.05) is 37.9 Å². The van der Waals surface area contributed by atoms with E-state index in [-0.39, 0.29) is 29.6 Å². The topological polar surface area (TPSA) is 79.9 Å². The van der Waals surface area contributed by atoms with Crippen molar-refractivity contribution >= 4 is 23.3 Å². The first-order valence-corrected chi connectivity index (χ1v) is 10.3. The minimum absolute atomic E-state index is 0.0855. The number of rotatable bonds is 6. The van der Waals surface area contributed by atoms with E-state index in [4.69, 9.17) is 9.47 Å². The van der Waals surface area contributed by atoms with Gasteiger partial charge in [0, 0.05) is 30.8 Å². The zero-order valence-corrected chi connectivity index (χ0v) is 18.0. The third-order valence-corrected chi connectivity index (χ3v) is 5.71. The number of piperidine rings is 1. The van der Waals surface area contributed by atoms with Crippen LogP contribution in [0.3, 0.4) is 0 Å². The number of nitrogens with one attached hydrogen (secondary N) is 2. The molecule has 31 heavy (non-hydrogen) atoms. The summed E-state index contributed by atoms with van der Waals surface area (Å²) in [6, 6.07) is 10.7. The van der Waals surface area contributed by atoms with Crippen molar-refractivity contribution in [2.45, 2.75) is 19.8 Å². The number of hydrogen-bond donors (Lipinski definition) is 2. The molecule has 1 aliphatic rings. The van der Waals surface area contributed by atoms with Crippen LogP contribution in [0.2, 0.25) is 0 Å². The quantitative estimate of drug-likeness (QED) is 0.715. The monoisotopic (exact) mass is 429 g/mol. The molecule has 3 amide bonds. The molecular formula is C23H28FN3O4. The minimum Gasteiger partial charge on any atom is -0.497 e.